The number of hydrogen-bond donors (Lipinski definition) is 2. The number of hydrogen-bond acceptors (Lipinski definition) is 6. The molecule has 2 heterocycles. The summed E-state index contributed by atoms with van der Waals surface area (Å²) in [6, 6.07) is 11.8. The maximum Gasteiger partial charge on any atom is 0.501 e. The molecule has 4 aromatic rings. The second kappa shape index (κ2) is 10.6. The summed E-state index contributed by atoms with van der Waals surface area (Å²) >= 11 is 5.88. The molecule has 2 aromatic heterocycles. The minimum Gasteiger partial charge on any atom is -0.493 e. The number of sulfone groups is 1. The molecule has 1 amide bonds. The number of nitrogens with one attached hydrogen (secondary N) is 1. The van der Waals surface area contributed by atoms with Gasteiger partial charge < -0.3 is 10.4 Å². The summed E-state index contributed by atoms with van der Waals surface area (Å²) in [5.74, 6) is -0.960. The second-order valence-corrected chi connectivity index (χ2v) is 10.8. The fourth-order valence-electron chi connectivity index (χ4n) is 3.78. The van der Waals surface area contributed by atoms with Crippen molar-refractivity contribution in [3.8, 4) is 11.6 Å². The van der Waals surface area contributed by atoms with Crippen LogP contribution in [0.15, 0.2) is 76.7 Å². The zero-order valence-electron chi connectivity index (χ0n) is 20.1. The topological polar surface area (TPSA) is 123 Å². The zero-order valence-corrected chi connectivity index (χ0v) is 21.7. The predicted molar refractivity (Wildman–Crippen MR) is 136 cm³/mol. The molecule has 0 saturated carbocycles. The molecule has 0 saturated heterocycles. The number of aromatic nitrogens is 3. The molecule has 4 rings (SSSR count). The second-order valence-electron chi connectivity index (χ2n) is 8.40. The monoisotopic (exact) mass is 580 g/mol. The van der Waals surface area contributed by atoms with Crippen LogP contribution < -0.4 is 11.0 Å². The number of halogens is 4. The van der Waals surface area contributed by atoms with Crippen molar-refractivity contribution in [1.82, 2.24) is 19.4 Å². The van der Waals surface area contributed by atoms with E-state index < -0.39 is 37.7 Å². The molecule has 0 atom stereocenters. The molecule has 0 radical (unpaired) electrons. The first-order valence-corrected chi connectivity index (χ1v) is 13.1. The van der Waals surface area contributed by atoms with Gasteiger partial charge in [-0.25, -0.2) is 17.8 Å². The fraction of sp³-hybridized carbons (Fsp3) is 0.160. The Bertz CT molecular complexity index is 1700. The Hall–Kier alpha value is -4.10. The molecule has 0 aliphatic heterocycles. The van der Waals surface area contributed by atoms with E-state index in [9.17, 15) is 36.3 Å². The van der Waals surface area contributed by atoms with Crippen LogP contribution >= 0.6 is 11.6 Å². The Morgan fingerprint density at radius 2 is 1.72 bits per heavy atom. The maximum atomic E-state index is 13.2. The van der Waals surface area contributed by atoms with Gasteiger partial charge in [0, 0.05) is 24.0 Å². The van der Waals surface area contributed by atoms with E-state index in [-0.39, 0.29) is 30.0 Å². The summed E-state index contributed by atoms with van der Waals surface area (Å²) in [4.78, 5) is 29.1. The van der Waals surface area contributed by atoms with Crippen molar-refractivity contribution in [2.24, 2.45) is 0 Å². The van der Waals surface area contributed by atoms with Crippen LogP contribution in [-0.4, -0.2) is 39.1 Å². The number of rotatable bonds is 7. The first kappa shape index (κ1) is 27.9. The van der Waals surface area contributed by atoms with Gasteiger partial charge >= 0.3 is 11.2 Å². The summed E-state index contributed by atoms with van der Waals surface area (Å²) < 4.78 is 63.8. The van der Waals surface area contributed by atoms with E-state index in [0.29, 0.717) is 22.7 Å². The third kappa shape index (κ3) is 5.54. The van der Waals surface area contributed by atoms with Crippen LogP contribution in [0.5, 0.6) is 5.88 Å². The Kier molecular flexibility index (Phi) is 7.57. The average molecular weight is 581 g/mol. The molecule has 0 aliphatic carbocycles. The minimum absolute atomic E-state index is 0.0591. The lowest BCUT2D eigenvalue weighted by atomic mass is 10.1. The van der Waals surface area contributed by atoms with Crippen molar-refractivity contribution in [1.29, 1.82) is 0 Å². The molecule has 0 spiro atoms. The van der Waals surface area contributed by atoms with Crippen LogP contribution in [-0.2, 0) is 22.9 Å². The Morgan fingerprint density at radius 3 is 2.33 bits per heavy atom. The zero-order chi connectivity index (χ0) is 28.5. The van der Waals surface area contributed by atoms with Crippen LogP contribution in [0.3, 0.4) is 0 Å². The van der Waals surface area contributed by atoms with Gasteiger partial charge in [0.2, 0.25) is 5.88 Å². The van der Waals surface area contributed by atoms with E-state index in [1.54, 1.807) is 24.3 Å². The van der Waals surface area contributed by atoms with E-state index in [1.165, 1.54) is 30.0 Å². The number of nitrogens with zero attached hydrogens (tertiary/aromatic N) is 3. The molecular formula is C25H20ClF3N4O5S. The van der Waals surface area contributed by atoms with E-state index in [0.717, 1.165) is 22.3 Å². The van der Waals surface area contributed by atoms with Crippen molar-refractivity contribution in [3.05, 3.63) is 105 Å². The SMILES string of the molecule is Cc1c(O)n(-c2ccc(S(=O)(=O)C(F)(F)F)cc2)c(=O)n1Cc1ccncc1C(=O)NCc1ccc(Cl)cc1. The maximum absolute atomic E-state index is 13.2. The molecule has 2 N–H and O–H groups in total. The summed E-state index contributed by atoms with van der Waals surface area (Å²) in [6.07, 6.45) is 2.77. The van der Waals surface area contributed by atoms with Crippen LogP contribution in [0.1, 0.15) is 27.2 Å². The number of carbonyl (C=O) groups is 1. The molecule has 39 heavy (non-hydrogen) atoms. The van der Waals surface area contributed by atoms with Gasteiger partial charge in [0.25, 0.3) is 15.7 Å². The van der Waals surface area contributed by atoms with Gasteiger partial charge in [0.05, 0.1) is 28.4 Å². The highest BCUT2D eigenvalue weighted by atomic mass is 35.5. The lowest BCUT2D eigenvalue weighted by Crippen LogP contribution is -2.27. The Balaban J connectivity index is 1.62. The summed E-state index contributed by atoms with van der Waals surface area (Å²) in [7, 11) is -5.58. The van der Waals surface area contributed by atoms with E-state index in [2.05, 4.69) is 10.3 Å². The first-order chi connectivity index (χ1) is 18.3. The smallest absolute Gasteiger partial charge is 0.493 e. The quantitative estimate of drug-likeness (QED) is 0.341. The van der Waals surface area contributed by atoms with Crippen LogP contribution in [0.2, 0.25) is 5.02 Å². The van der Waals surface area contributed by atoms with Gasteiger partial charge in [-0.05, 0) is 60.5 Å². The van der Waals surface area contributed by atoms with Crippen molar-refractivity contribution in [3.63, 3.8) is 0 Å². The summed E-state index contributed by atoms with van der Waals surface area (Å²) in [5, 5.41) is 14.0. The molecule has 2 aromatic carbocycles. The van der Waals surface area contributed by atoms with E-state index >= 15 is 0 Å². The fourth-order valence-corrected chi connectivity index (χ4v) is 4.67. The van der Waals surface area contributed by atoms with Gasteiger partial charge in [-0.3, -0.25) is 14.3 Å². The lowest BCUT2D eigenvalue weighted by Gasteiger charge is -2.11. The lowest BCUT2D eigenvalue weighted by molar-refractivity contribution is -0.0436. The number of aromatic hydroxyl groups is 1. The molecule has 14 heteroatoms. The van der Waals surface area contributed by atoms with Gasteiger partial charge in [0.15, 0.2) is 0 Å². The molecule has 0 aliphatic rings. The molecule has 204 valence electrons. The number of carbonyl (C=O) groups excluding carboxylic acids is 1. The van der Waals surface area contributed by atoms with E-state index in [4.69, 9.17) is 11.6 Å². The number of alkyl halides is 3. The van der Waals surface area contributed by atoms with E-state index in [1.807, 2.05) is 0 Å². The predicted octanol–water partition coefficient (Wildman–Crippen LogP) is 3.97. The van der Waals surface area contributed by atoms with Gasteiger partial charge in [-0.1, -0.05) is 23.7 Å². The van der Waals surface area contributed by atoms with Gasteiger partial charge in [-0.15, -0.1) is 0 Å². The summed E-state index contributed by atoms with van der Waals surface area (Å²) in [6.45, 7) is 1.51. The van der Waals surface area contributed by atoms with Gasteiger partial charge in [-0.2, -0.15) is 13.2 Å². The van der Waals surface area contributed by atoms with Crippen molar-refractivity contribution in [2.45, 2.75) is 30.4 Å². The molecular weight excluding hydrogens is 561 g/mol. The van der Waals surface area contributed by atoms with Gasteiger partial charge in [0.1, 0.15) is 0 Å². The number of benzene rings is 2. The summed E-state index contributed by atoms with van der Waals surface area (Å²) in [5.41, 5.74) is -4.80. The van der Waals surface area contributed by atoms with Crippen LogP contribution in [0, 0.1) is 6.92 Å². The normalized spacial score (nSPS) is 11.9. The van der Waals surface area contributed by atoms with Crippen molar-refractivity contribution < 1.29 is 31.5 Å². The van der Waals surface area contributed by atoms with Crippen molar-refractivity contribution >= 4 is 27.3 Å². The Morgan fingerprint density at radius 1 is 1.08 bits per heavy atom. The van der Waals surface area contributed by atoms with Crippen LogP contribution in [0.25, 0.3) is 5.69 Å². The minimum atomic E-state index is -5.58. The third-order valence-corrected chi connectivity index (χ3v) is 7.68. The molecule has 0 unspecified atom stereocenters. The molecule has 9 nitrogen and oxygen atoms in total. The van der Waals surface area contributed by atoms with Crippen molar-refractivity contribution in [2.75, 3.05) is 0 Å². The third-order valence-electron chi connectivity index (χ3n) is 5.92. The molecule has 0 fully saturated rings. The number of imidazole rings is 1. The standard InChI is InChI=1S/C25H20ClF3N4O5S/c1-15-23(35)33(19-6-8-20(9-7-19)39(37,38)25(27,28)29)24(36)32(15)14-17-10-11-30-13-21(17)22(34)31-12-16-2-4-18(26)5-3-16/h2-11,13,35H,12,14H2,1H3,(H,31,34). The first-order valence-electron chi connectivity index (χ1n) is 11.2. The van der Waals surface area contributed by atoms with Crippen LogP contribution in [0.4, 0.5) is 13.2 Å². The number of amides is 1. The number of pyridine rings is 1. The Labute approximate surface area is 225 Å². The molecule has 0 bridgehead atoms. The average Bonchev–Trinajstić information content (AvgIpc) is 3.10. The highest BCUT2D eigenvalue weighted by molar-refractivity contribution is 7.92. The largest absolute Gasteiger partial charge is 0.501 e. The highest BCUT2D eigenvalue weighted by Gasteiger charge is 2.46. The highest BCUT2D eigenvalue weighted by Crippen LogP contribution is 2.31.